The van der Waals surface area contributed by atoms with Crippen LogP contribution in [-0.2, 0) is 12.8 Å². The summed E-state index contributed by atoms with van der Waals surface area (Å²) in [6.07, 6.45) is 7.88. The second-order valence-electron chi connectivity index (χ2n) is 8.17. The minimum absolute atomic E-state index is 0.0483. The maximum absolute atomic E-state index is 13.7. The third-order valence-electron chi connectivity index (χ3n) is 5.93. The number of aryl methyl sites for hydroxylation is 2. The second kappa shape index (κ2) is 8.36. The number of hydrogen-bond donors (Lipinski definition) is 0. The van der Waals surface area contributed by atoms with Gasteiger partial charge in [0, 0.05) is 12.0 Å². The summed E-state index contributed by atoms with van der Waals surface area (Å²) in [7, 11) is 0. The molecule has 2 heterocycles. The molecule has 2 aromatic heterocycles. The minimum atomic E-state index is -0.0483. The molecule has 0 atom stereocenters. The molecular weight excluding hydrogens is 410 g/mol. The van der Waals surface area contributed by atoms with Crippen LogP contribution in [0.2, 0.25) is 0 Å². The Morgan fingerprint density at radius 2 is 1.85 bits per heavy atom. The van der Waals surface area contributed by atoms with E-state index in [1.54, 1.807) is 4.57 Å². The SMILES string of the molecule is CCCc1c(Cc2ccc(-c3ccccc3C#N)cc2)c(=O)n(C2=CC=C2)c2nc(C)nn12. The Morgan fingerprint density at radius 3 is 2.52 bits per heavy atom. The van der Waals surface area contributed by atoms with Crippen molar-refractivity contribution < 1.29 is 0 Å². The van der Waals surface area contributed by atoms with E-state index in [1.165, 1.54) is 0 Å². The van der Waals surface area contributed by atoms with Crippen molar-refractivity contribution in [2.24, 2.45) is 0 Å². The third kappa shape index (κ3) is 3.58. The maximum Gasteiger partial charge on any atom is 0.263 e. The van der Waals surface area contributed by atoms with Gasteiger partial charge in [-0.2, -0.15) is 15.3 Å². The number of fused-ring (bicyclic) bond motifs is 1. The molecule has 0 fully saturated rings. The first kappa shape index (κ1) is 20.7. The van der Waals surface area contributed by atoms with Crippen LogP contribution in [0.5, 0.6) is 0 Å². The molecule has 0 unspecified atom stereocenters. The second-order valence-corrected chi connectivity index (χ2v) is 8.17. The lowest BCUT2D eigenvalue weighted by Gasteiger charge is -2.17. The molecule has 162 valence electrons. The van der Waals surface area contributed by atoms with Crippen molar-refractivity contribution in [1.82, 2.24) is 19.2 Å². The Labute approximate surface area is 191 Å². The zero-order valence-corrected chi connectivity index (χ0v) is 18.6. The molecular formula is C27H23N5O. The summed E-state index contributed by atoms with van der Waals surface area (Å²) in [6, 6.07) is 17.9. The van der Waals surface area contributed by atoms with E-state index in [-0.39, 0.29) is 5.56 Å². The van der Waals surface area contributed by atoms with Gasteiger partial charge in [0.25, 0.3) is 5.56 Å². The van der Waals surface area contributed by atoms with E-state index in [4.69, 9.17) is 0 Å². The van der Waals surface area contributed by atoms with Crippen molar-refractivity contribution in [3.63, 3.8) is 0 Å². The third-order valence-corrected chi connectivity index (χ3v) is 5.93. The first-order valence-corrected chi connectivity index (χ1v) is 11.1. The van der Waals surface area contributed by atoms with Crippen LogP contribution in [0, 0.1) is 18.3 Å². The summed E-state index contributed by atoms with van der Waals surface area (Å²) in [4.78, 5) is 18.2. The molecule has 0 aliphatic heterocycles. The van der Waals surface area contributed by atoms with E-state index in [1.807, 2.05) is 78.2 Å². The molecule has 2 aromatic carbocycles. The van der Waals surface area contributed by atoms with Crippen LogP contribution in [0.3, 0.4) is 0 Å². The molecule has 0 saturated heterocycles. The normalized spacial score (nSPS) is 12.5. The molecule has 0 N–H and O–H groups in total. The fourth-order valence-corrected chi connectivity index (χ4v) is 4.28. The molecule has 6 nitrogen and oxygen atoms in total. The summed E-state index contributed by atoms with van der Waals surface area (Å²) in [6.45, 7) is 3.95. The highest BCUT2D eigenvalue weighted by molar-refractivity contribution is 5.71. The standard InChI is InChI=1S/C27H23N5O/c1-3-7-25-24(26(33)31(22-9-6-10-22)27-29-18(2)30-32(25)27)16-19-12-14-20(15-13-19)23-11-5-4-8-21(23)17-28/h4-6,8-15H,3,7,16H2,1-2H3. The number of benzene rings is 2. The van der Waals surface area contributed by atoms with E-state index in [9.17, 15) is 10.1 Å². The van der Waals surface area contributed by atoms with Crippen LogP contribution in [0.1, 0.15) is 41.6 Å². The summed E-state index contributed by atoms with van der Waals surface area (Å²) in [5.41, 5.74) is 5.99. The van der Waals surface area contributed by atoms with Gasteiger partial charge in [-0.25, -0.2) is 9.08 Å². The fraction of sp³-hybridized carbons (Fsp3) is 0.185. The molecule has 1 aliphatic rings. The smallest absolute Gasteiger partial charge is 0.263 e. The molecule has 0 amide bonds. The lowest BCUT2D eigenvalue weighted by molar-refractivity contribution is 0.749. The Hall–Kier alpha value is -4.24. The highest BCUT2D eigenvalue weighted by Crippen LogP contribution is 2.25. The van der Waals surface area contributed by atoms with Gasteiger partial charge in [0.1, 0.15) is 5.82 Å². The monoisotopic (exact) mass is 433 g/mol. The van der Waals surface area contributed by atoms with Crippen molar-refractivity contribution in [1.29, 1.82) is 5.26 Å². The molecule has 1 aliphatic carbocycles. The van der Waals surface area contributed by atoms with Gasteiger partial charge in [-0.1, -0.05) is 61.9 Å². The largest absolute Gasteiger partial charge is 0.268 e. The van der Waals surface area contributed by atoms with Gasteiger partial charge in [-0.15, -0.1) is 0 Å². The molecule has 0 spiro atoms. The van der Waals surface area contributed by atoms with E-state index in [2.05, 4.69) is 23.1 Å². The highest BCUT2D eigenvalue weighted by atomic mass is 16.1. The highest BCUT2D eigenvalue weighted by Gasteiger charge is 2.21. The topological polar surface area (TPSA) is 76.0 Å². The summed E-state index contributed by atoms with van der Waals surface area (Å²) in [5, 5.41) is 14.0. The van der Waals surface area contributed by atoms with Gasteiger partial charge in [0.2, 0.25) is 5.78 Å². The van der Waals surface area contributed by atoms with Gasteiger partial charge >= 0.3 is 0 Å². The van der Waals surface area contributed by atoms with Crippen molar-refractivity contribution in [3.8, 4) is 17.2 Å². The molecule has 0 radical (unpaired) electrons. The van der Waals surface area contributed by atoms with Crippen LogP contribution in [0.4, 0.5) is 0 Å². The van der Waals surface area contributed by atoms with E-state index in [0.717, 1.165) is 46.5 Å². The number of nitrogens with zero attached hydrogens (tertiary/aromatic N) is 5. The fourth-order valence-electron chi connectivity index (χ4n) is 4.28. The Bertz CT molecular complexity index is 1530. The van der Waals surface area contributed by atoms with Gasteiger partial charge in [0.05, 0.1) is 23.0 Å². The first-order chi connectivity index (χ1) is 16.1. The number of rotatable bonds is 6. The Morgan fingerprint density at radius 1 is 1.09 bits per heavy atom. The zero-order chi connectivity index (χ0) is 22.9. The zero-order valence-electron chi connectivity index (χ0n) is 18.6. The van der Waals surface area contributed by atoms with Crippen LogP contribution in [-0.4, -0.2) is 19.2 Å². The molecule has 33 heavy (non-hydrogen) atoms. The predicted molar refractivity (Wildman–Crippen MR) is 129 cm³/mol. The quantitative estimate of drug-likeness (QED) is 0.442. The lowest BCUT2D eigenvalue weighted by Crippen LogP contribution is -2.29. The van der Waals surface area contributed by atoms with Crippen LogP contribution >= 0.6 is 0 Å². The molecule has 0 saturated carbocycles. The summed E-state index contributed by atoms with van der Waals surface area (Å²) >= 11 is 0. The van der Waals surface area contributed by atoms with Gasteiger partial charge in [-0.05, 0) is 48.3 Å². The van der Waals surface area contributed by atoms with Crippen molar-refractivity contribution >= 4 is 11.5 Å². The molecule has 6 heteroatoms. The van der Waals surface area contributed by atoms with Gasteiger partial charge in [0.15, 0.2) is 0 Å². The van der Waals surface area contributed by atoms with Gasteiger partial charge in [-0.3, -0.25) is 4.79 Å². The van der Waals surface area contributed by atoms with Crippen molar-refractivity contribution in [3.05, 3.63) is 105 Å². The minimum Gasteiger partial charge on any atom is -0.268 e. The molecule has 4 aromatic rings. The lowest BCUT2D eigenvalue weighted by atomic mass is 9.97. The first-order valence-electron chi connectivity index (χ1n) is 11.1. The van der Waals surface area contributed by atoms with Crippen molar-refractivity contribution in [2.75, 3.05) is 0 Å². The average Bonchev–Trinajstić information content (AvgIpc) is 3.19. The summed E-state index contributed by atoms with van der Waals surface area (Å²) < 4.78 is 3.49. The number of nitriles is 1. The summed E-state index contributed by atoms with van der Waals surface area (Å²) in [5.74, 6) is 1.20. The number of allylic oxidation sites excluding steroid dienone is 4. The number of aromatic nitrogens is 4. The Kier molecular flexibility index (Phi) is 5.23. The molecule has 5 rings (SSSR count). The molecule has 0 bridgehead atoms. The van der Waals surface area contributed by atoms with Crippen LogP contribution < -0.4 is 5.56 Å². The number of hydrogen-bond acceptors (Lipinski definition) is 4. The van der Waals surface area contributed by atoms with E-state index >= 15 is 0 Å². The van der Waals surface area contributed by atoms with Gasteiger partial charge < -0.3 is 0 Å². The van der Waals surface area contributed by atoms with E-state index < -0.39 is 0 Å². The van der Waals surface area contributed by atoms with Crippen molar-refractivity contribution in [2.45, 2.75) is 33.1 Å². The predicted octanol–water partition coefficient (Wildman–Crippen LogP) is 4.69. The maximum atomic E-state index is 13.7. The van der Waals surface area contributed by atoms with Crippen LogP contribution in [0.15, 0.2) is 71.6 Å². The van der Waals surface area contributed by atoms with Crippen LogP contribution in [0.25, 0.3) is 22.6 Å². The van der Waals surface area contributed by atoms with E-state index in [0.29, 0.717) is 23.6 Å². The average molecular weight is 434 g/mol. The Balaban J connectivity index is 1.60.